The number of ketones is 2. The van der Waals surface area contributed by atoms with E-state index in [1.54, 1.807) is 6.07 Å². The SMILES string of the molecule is COc1cc(O)c([C@H]2C3=CC[C@@H]4C(=O)N(C(C)(C)C)C(=O)[C@@H]4[C@@H]3CC3=C2C(=O)C=C(Br)C3=O)c(OC)c1. The summed E-state index contributed by atoms with van der Waals surface area (Å²) in [7, 11) is 2.91. The summed E-state index contributed by atoms with van der Waals surface area (Å²) in [6, 6.07) is 3.04. The Morgan fingerprint density at radius 2 is 1.73 bits per heavy atom. The first-order valence-corrected chi connectivity index (χ1v) is 12.9. The molecule has 0 spiro atoms. The lowest BCUT2D eigenvalue weighted by molar-refractivity contribution is -0.145. The first-order chi connectivity index (χ1) is 17.4. The Labute approximate surface area is 223 Å². The van der Waals surface area contributed by atoms with Gasteiger partial charge in [0.15, 0.2) is 11.6 Å². The van der Waals surface area contributed by atoms with Crippen LogP contribution in [0.1, 0.15) is 45.1 Å². The largest absolute Gasteiger partial charge is 0.507 e. The number of hydrogen-bond donors (Lipinski definition) is 1. The Kier molecular flexibility index (Phi) is 5.97. The number of carbonyl (C=O) groups excluding carboxylic acids is 4. The number of likely N-dealkylation sites (tertiary alicyclic amines) is 1. The number of benzene rings is 1. The van der Waals surface area contributed by atoms with E-state index in [4.69, 9.17) is 9.47 Å². The van der Waals surface area contributed by atoms with Crippen molar-refractivity contribution in [3.05, 3.63) is 51.0 Å². The van der Waals surface area contributed by atoms with Gasteiger partial charge in [0, 0.05) is 46.4 Å². The minimum atomic E-state index is -0.824. The number of rotatable bonds is 3. The molecule has 1 fully saturated rings. The minimum absolute atomic E-state index is 0.144. The summed E-state index contributed by atoms with van der Waals surface area (Å²) in [6.45, 7) is 5.47. The number of carbonyl (C=O) groups is 4. The zero-order valence-corrected chi connectivity index (χ0v) is 22.8. The molecule has 1 saturated heterocycles. The van der Waals surface area contributed by atoms with Gasteiger partial charge in [-0.05, 0) is 55.5 Å². The Morgan fingerprint density at radius 1 is 1.03 bits per heavy atom. The number of fused-ring (bicyclic) bond motifs is 3. The highest BCUT2D eigenvalue weighted by Gasteiger charge is 2.58. The van der Waals surface area contributed by atoms with E-state index in [2.05, 4.69) is 15.9 Å². The molecule has 5 rings (SSSR count). The summed E-state index contributed by atoms with van der Waals surface area (Å²) in [4.78, 5) is 55.2. The summed E-state index contributed by atoms with van der Waals surface area (Å²) >= 11 is 3.22. The van der Waals surface area contributed by atoms with Crippen LogP contribution in [0.5, 0.6) is 17.2 Å². The average molecular weight is 570 g/mol. The molecule has 0 unspecified atom stereocenters. The van der Waals surface area contributed by atoms with Gasteiger partial charge >= 0.3 is 0 Å². The van der Waals surface area contributed by atoms with Gasteiger partial charge in [-0.3, -0.25) is 24.1 Å². The number of allylic oxidation sites excluding steroid dienone is 6. The molecule has 0 radical (unpaired) electrons. The molecule has 4 atom stereocenters. The van der Waals surface area contributed by atoms with E-state index in [-0.39, 0.29) is 51.4 Å². The van der Waals surface area contributed by atoms with E-state index >= 15 is 0 Å². The van der Waals surface area contributed by atoms with Gasteiger partial charge in [-0.15, -0.1) is 0 Å². The van der Waals surface area contributed by atoms with Gasteiger partial charge in [0.1, 0.15) is 17.2 Å². The second-order valence-corrected chi connectivity index (χ2v) is 11.7. The molecule has 194 valence electrons. The molecule has 0 saturated carbocycles. The molecule has 1 heterocycles. The van der Waals surface area contributed by atoms with Crippen molar-refractivity contribution in [3.8, 4) is 17.2 Å². The number of phenols is 1. The molecule has 37 heavy (non-hydrogen) atoms. The molecule has 0 bridgehead atoms. The number of ether oxygens (including phenoxy) is 2. The molecule has 9 heteroatoms. The van der Waals surface area contributed by atoms with Crippen LogP contribution in [0.15, 0.2) is 45.5 Å². The van der Waals surface area contributed by atoms with Gasteiger partial charge in [-0.1, -0.05) is 11.6 Å². The third-order valence-corrected chi connectivity index (χ3v) is 8.43. The maximum absolute atomic E-state index is 13.7. The maximum Gasteiger partial charge on any atom is 0.234 e. The minimum Gasteiger partial charge on any atom is -0.507 e. The Morgan fingerprint density at radius 3 is 2.35 bits per heavy atom. The molecular formula is C28H28BrNO7. The van der Waals surface area contributed by atoms with E-state index in [1.165, 1.54) is 31.3 Å². The molecule has 1 N–H and O–H groups in total. The van der Waals surface area contributed by atoms with Crippen LogP contribution in [0.3, 0.4) is 0 Å². The van der Waals surface area contributed by atoms with Crippen molar-refractivity contribution in [1.82, 2.24) is 4.90 Å². The lowest BCUT2D eigenvalue weighted by Crippen LogP contribution is -2.46. The van der Waals surface area contributed by atoms with Crippen LogP contribution in [0.4, 0.5) is 0 Å². The first-order valence-electron chi connectivity index (χ1n) is 12.1. The summed E-state index contributed by atoms with van der Waals surface area (Å²) in [5.41, 5.74) is 0.922. The smallest absolute Gasteiger partial charge is 0.234 e. The summed E-state index contributed by atoms with van der Waals surface area (Å²) in [5.74, 6) is -3.20. The van der Waals surface area contributed by atoms with Gasteiger partial charge in [0.2, 0.25) is 11.8 Å². The van der Waals surface area contributed by atoms with Crippen LogP contribution >= 0.6 is 15.9 Å². The monoisotopic (exact) mass is 569 g/mol. The van der Waals surface area contributed by atoms with E-state index < -0.39 is 29.2 Å². The van der Waals surface area contributed by atoms with Gasteiger partial charge < -0.3 is 14.6 Å². The number of phenolic OH excluding ortho intramolecular Hbond substituents is 1. The van der Waals surface area contributed by atoms with Gasteiger partial charge in [-0.25, -0.2) is 0 Å². The first kappa shape index (κ1) is 25.4. The summed E-state index contributed by atoms with van der Waals surface area (Å²) < 4.78 is 11.0. The van der Waals surface area contributed by atoms with Crippen LogP contribution < -0.4 is 9.47 Å². The van der Waals surface area contributed by atoms with E-state index in [0.717, 1.165) is 5.57 Å². The van der Waals surface area contributed by atoms with Gasteiger partial charge in [0.05, 0.1) is 30.5 Å². The molecule has 1 aromatic carbocycles. The van der Waals surface area contributed by atoms with Crippen molar-refractivity contribution in [2.75, 3.05) is 14.2 Å². The molecule has 0 aromatic heterocycles. The average Bonchev–Trinajstić information content (AvgIpc) is 3.11. The molecular weight excluding hydrogens is 542 g/mol. The quantitative estimate of drug-likeness (QED) is 0.333. The summed E-state index contributed by atoms with van der Waals surface area (Å²) in [6.07, 6.45) is 3.64. The molecule has 1 aliphatic heterocycles. The predicted octanol–water partition coefficient (Wildman–Crippen LogP) is 3.97. The second-order valence-electron chi connectivity index (χ2n) is 10.8. The number of nitrogens with zero attached hydrogens (tertiary/aromatic N) is 1. The zero-order valence-electron chi connectivity index (χ0n) is 21.3. The van der Waals surface area contributed by atoms with Gasteiger partial charge in [-0.2, -0.15) is 0 Å². The van der Waals surface area contributed by atoms with Crippen molar-refractivity contribution in [1.29, 1.82) is 0 Å². The normalized spacial score (nSPS) is 27.5. The van der Waals surface area contributed by atoms with Crippen molar-refractivity contribution in [2.24, 2.45) is 17.8 Å². The van der Waals surface area contributed by atoms with Crippen LogP contribution in [0.25, 0.3) is 0 Å². The molecule has 8 nitrogen and oxygen atoms in total. The summed E-state index contributed by atoms with van der Waals surface area (Å²) in [5, 5.41) is 11.1. The third-order valence-electron chi connectivity index (χ3n) is 7.84. The van der Waals surface area contributed by atoms with Crippen LogP contribution in [0, 0.1) is 17.8 Å². The number of amides is 2. The van der Waals surface area contributed by atoms with E-state index in [0.29, 0.717) is 23.3 Å². The fraction of sp³-hybridized carbons (Fsp3) is 0.429. The van der Waals surface area contributed by atoms with Crippen LogP contribution in [0.2, 0.25) is 0 Å². The molecule has 4 aliphatic rings. The van der Waals surface area contributed by atoms with Crippen LogP contribution in [-0.2, 0) is 19.2 Å². The van der Waals surface area contributed by atoms with Gasteiger partial charge in [0.25, 0.3) is 0 Å². The lowest BCUT2D eigenvalue weighted by atomic mass is 9.59. The zero-order chi connectivity index (χ0) is 27.0. The van der Waals surface area contributed by atoms with Crippen molar-refractivity contribution in [3.63, 3.8) is 0 Å². The molecule has 3 aliphatic carbocycles. The number of methoxy groups -OCH3 is 2. The van der Waals surface area contributed by atoms with E-state index in [1.807, 2.05) is 26.8 Å². The topological polar surface area (TPSA) is 110 Å². The van der Waals surface area contributed by atoms with Crippen LogP contribution in [-0.4, -0.2) is 53.1 Å². The number of hydrogen-bond acceptors (Lipinski definition) is 7. The number of halogens is 1. The highest BCUT2D eigenvalue weighted by atomic mass is 79.9. The highest BCUT2D eigenvalue weighted by molar-refractivity contribution is 9.12. The number of imide groups is 1. The fourth-order valence-corrected chi connectivity index (χ4v) is 6.81. The third kappa shape index (κ3) is 3.69. The lowest BCUT2D eigenvalue weighted by Gasteiger charge is -2.42. The highest BCUT2D eigenvalue weighted by Crippen LogP contribution is 2.58. The van der Waals surface area contributed by atoms with E-state index in [9.17, 15) is 24.3 Å². The Hall–Kier alpha value is -3.20. The maximum atomic E-state index is 13.7. The fourth-order valence-electron chi connectivity index (χ4n) is 6.36. The number of Topliss-reactive ketones (excluding diaryl/α,β-unsaturated/α-hetero) is 1. The Balaban J connectivity index is 1.74. The predicted molar refractivity (Wildman–Crippen MR) is 137 cm³/mol. The molecule has 2 amide bonds. The Bertz CT molecular complexity index is 1360. The number of aromatic hydroxyl groups is 1. The van der Waals surface area contributed by atoms with Crippen molar-refractivity contribution < 1.29 is 33.8 Å². The standard InChI is InChI=1S/C28H28BrNO7/c1-28(2,3)30-26(34)14-7-6-13-15(21(14)27(30)35)10-16-22(19(32)11-17(29)25(16)33)23(13)24-18(31)8-12(36-4)9-20(24)37-5/h6,8-9,11,14-15,21,23,31H,7,10H2,1-5H3/t14-,15+,21-,23-/m0/s1. The molecule has 1 aromatic rings. The second kappa shape index (κ2) is 8.68. The van der Waals surface area contributed by atoms with Crippen molar-refractivity contribution in [2.45, 2.75) is 45.1 Å². The van der Waals surface area contributed by atoms with Crippen molar-refractivity contribution >= 4 is 39.3 Å².